The van der Waals surface area contributed by atoms with Crippen LogP contribution in [0.15, 0.2) is 110 Å². The van der Waals surface area contributed by atoms with Crippen LogP contribution in [0.1, 0.15) is 16.8 Å². The third-order valence-electron chi connectivity index (χ3n) is 6.48. The first kappa shape index (κ1) is 30.6. The number of halogens is 1. The first-order chi connectivity index (χ1) is 21.9. The first-order valence-electron chi connectivity index (χ1n) is 13.8. The number of aromatic nitrogens is 5. The summed E-state index contributed by atoms with van der Waals surface area (Å²) in [5.74, 6) is -0.892. The van der Waals surface area contributed by atoms with Crippen molar-refractivity contribution in [2.45, 2.75) is 19.0 Å². The zero-order valence-electron chi connectivity index (χ0n) is 23.8. The van der Waals surface area contributed by atoms with Crippen LogP contribution in [0.4, 0.5) is 16.2 Å². The van der Waals surface area contributed by atoms with Crippen LogP contribution in [-0.2, 0) is 22.6 Å². The second-order valence-corrected chi connectivity index (χ2v) is 10.2. The van der Waals surface area contributed by atoms with Crippen LogP contribution in [0.25, 0.3) is 11.8 Å². The Kier molecular flexibility index (Phi) is 10.2. The summed E-state index contributed by atoms with van der Waals surface area (Å²) in [6.07, 6.45) is 6.25. The highest BCUT2D eigenvalue weighted by molar-refractivity contribution is 6.30. The molecule has 0 spiro atoms. The number of nitrogens with one attached hydrogen (secondary N) is 4. The lowest BCUT2D eigenvalue weighted by Crippen LogP contribution is -2.44. The number of anilines is 2. The molecule has 12 nitrogen and oxygen atoms in total. The number of rotatable bonds is 11. The molecule has 0 aliphatic rings. The van der Waals surface area contributed by atoms with Crippen LogP contribution in [-0.4, -0.2) is 49.1 Å². The number of hydrogen-bond acceptors (Lipinski definition) is 7. The van der Waals surface area contributed by atoms with Crippen molar-refractivity contribution >= 4 is 46.9 Å². The molecule has 2 aromatic heterocycles. The Morgan fingerprint density at radius 3 is 2.36 bits per heavy atom. The van der Waals surface area contributed by atoms with Crippen molar-refractivity contribution in [1.29, 1.82) is 0 Å². The lowest BCUT2D eigenvalue weighted by Gasteiger charge is -2.18. The monoisotopic (exact) mass is 621 g/mol. The smallest absolute Gasteiger partial charge is 0.319 e. The predicted octanol–water partition coefficient (Wildman–Crippen LogP) is 4.41. The second-order valence-electron chi connectivity index (χ2n) is 9.74. The number of hydrogen-bond donors (Lipinski definition) is 4. The molecule has 5 rings (SSSR count). The van der Waals surface area contributed by atoms with E-state index in [0.717, 1.165) is 11.3 Å². The van der Waals surface area contributed by atoms with Gasteiger partial charge in [0, 0.05) is 40.7 Å². The van der Waals surface area contributed by atoms with Crippen molar-refractivity contribution in [3.63, 3.8) is 0 Å². The first-order valence-corrected chi connectivity index (χ1v) is 14.2. The molecule has 13 heteroatoms. The molecular weight excluding hydrogens is 594 g/mol. The van der Waals surface area contributed by atoms with Gasteiger partial charge in [-0.05, 0) is 76.7 Å². The molecular formula is C32H28ClN9O3. The quantitative estimate of drug-likeness (QED) is 0.159. The summed E-state index contributed by atoms with van der Waals surface area (Å²) >= 11 is 6.18. The van der Waals surface area contributed by atoms with E-state index in [0.29, 0.717) is 27.6 Å². The maximum Gasteiger partial charge on any atom is 0.319 e. The molecule has 1 atom stereocenters. The molecule has 0 radical (unpaired) electrons. The van der Waals surface area contributed by atoms with Gasteiger partial charge in [0.1, 0.15) is 12.4 Å². The van der Waals surface area contributed by atoms with Gasteiger partial charge >= 0.3 is 6.03 Å². The molecule has 226 valence electrons. The van der Waals surface area contributed by atoms with Crippen molar-refractivity contribution < 1.29 is 14.4 Å². The van der Waals surface area contributed by atoms with Gasteiger partial charge in [-0.2, -0.15) is 4.68 Å². The molecule has 45 heavy (non-hydrogen) atoms. The average Bonchev–Trinajstić information content (AvgIpc) is 3.59. The third-order valence-corrected chi connectivity index (χ3v) is 6.72. The van der Waals surface area contributed by atoms with Gasteiger partial charge in [-0.1, -0.05) is 48.0 Å². The van der Waals surface area contributed by atoms with E-state index in [1.54, 1.807) is 60.8 Å². The van der Waals surface area contributed by atoms with Crippen LogP contribution >= 0.6 is 11.6 Å². The molecule has 0 bridgehead atoms. The minimum absolute atomic E-state index is 0.259. The Morgan fingerprint density at radius 2 is 1.64 bits per heavy atom. The topological polar surface area (TPSA) is 156 Å². The summed E-state index contributed by atoms with van der Waals surface area (Å²) < 4.78 is 1.45. The number of urea groups is 1. The number of pyridine rings is 1. The molecule has 2 heterocycles. The Bertz CT molecular complexity index is 1770. The number of carbonyl (C=O) groups excluding carboxylic acids is 3. The van der Waals surface area contributed by atoms with E-state index in [1.807, 2.05) is 42.5 Å². The highest BCUT2D eigenvalue weighted by Gasteiger charge is 2.21. The summed E-state index contributed by atoms with van der Waals surface area (Å²) in [5.41, 5.74) is 3.86. The van der Waals surface area contributed by atoms with Crippen molar-refractivity contribution in [3.05, 3.63) is 131 Å². The van der Waals surface area contributed by atoms with E-state index in [-0.39, 0.29) is 19.0 Å². The number of carbonyl (C=O) groups is 3. The van der Waals surface area contributed by atoms with Crippen molar-refractivity contribution in [1.82, 2.24) is 35.8 Å². The molecule has 3 aromatic carbocycles. The summed E-state index contributed by atoms with van der Waals surface area (Å²) in [6, 6.07) is 25.3. The summed E-state index contributed by atoms with van der Waals surface area (Å²) in [6.45, 7) is 0.282. The fourth-order valence-electron chi connectivity index (χ4n) is 4.30. The molecule has 0 aliphatic heterocycles. The predicted molar refractivity (Wildman–Crippen MR) is 170 cm³/mol. The standard InChI is InChI=1S/C32H28ClN9O3/c33-24-10-15-29(42-21-36-40-41-42)23(19-24)9-16-30(43)39-28(18-22-6-2-1-3-7-22)31(44)37-25-11-13-26(14-12-25)38-32(45)35-20-27-8-4-5-17-34-27/h1-17,19,21,28H,18,20H2,(H,37,44)(H,39,43)(H2,35,38,45)/b16-9+/t28-/m0/s1. The third kappa shape index (κ3) is 9.05. The van der Waals surface area contributed by atoms with Gasteiger partial charge in [0.2, 0.25) is 11.8 Å². The Balaban J connectivity index is 1.23. The van der Waals surface area contributed by atoms with Gasteiger partial charge < -0.3 is 21.3 Å². The Hall–Kier alpha value is -5.88. The van der Waals surface area contributed by atoms with E-state index in [9.17, 15) is 14.4 Å². The van der Waals surface area contributed by atoms with E-state index >= 15 is 0 Å². The molecule has 0 unspecified atom stereocenters. The van der Waals surface area contributed by atoms with E-state index in [2.05, 4.69) is 41.8 Å². The normalized spacial score (nSPS) is 11.5. The number of benzene rings is 3. The highest BCUT2D eigenvalue weighted by Crippen LogP contribution is 2.20. The minimum Gasteiger partial charge on any atom is -0.340 e. The maximum absolute atomic E-state index is 13.4. The largest absolute Gasteiger partial charge is 0.340 e. The summed E-state index contributed by atoms with van der Waals surface area (Å²) in [5, 5.41) is 22.8. The van der Waals surface area contributed by atoms with Gasteiger partial charge in [0.25, 0.3) is 0 Å². The van der Waals surface area contributed by atoms with E-state index in [1.165, 1.54) is 17.1 Å². The van der Waals surface area contributed by atoms with Crippen molar-refractivity contribution in [3.8, 4) is 5.69 Å². The van der Waals surface area contributed by atoms with Gasteiger partial charge in [0.05, 0.1) is 17.9 Å². The van der Waals surface area contributed by atoms with Crippen molar-refractivity contribution in [2.75, 3.05) is 10.6 Å². The van der Waals surface area contributed by atoms with Crippen LogP contribution < -0.4 is 21.3 Å². The second kappa shape index (κ2) is 15.0. The van der Waals surface area contributed by atoms with E-state index in [4.69, 9.17) is 11.6 Å². The average molecular weight is 622 g/mol. The van der Waals surface area contributed by atoms with Crippen LogP contribution in [0, 0.1) is 0 Å². The van der Waals surface area contributed by atoms with Gasteiger partial charge in [-0.3, -0.25) is 14.6 Å². The van der Waals surface area contributed by atoms with Crippen molar-refractivity contribution in [2.24, 2.45) is 0 Å². The van der Waals surface area contributed by atoms with Gasteiger partial charge in [0.15, 0.2) is 0 Å². The molecule has 4 N–H and O–H groups in total. The zero-order valence-corrected chi connectivity index (χ0v) is 24.6. The Labute approximate surface area is 263 Å². The van der Waals surface area contributed by atoms with Gasteiger partial charge in [-0.15, -0.1) is 5.10 Å². The van der Waals surface area contributed by atoms with Gasteiger partial charge in [-0.25, -0.2) is 4.79 Å². The van der Waals surface area contributed by atoms with E-state index < -0.39 is 17.9 Å². The lowest BCUT2D eigenvalue weighted by molar-refractivity contribution is -0.123. The fourth-order valence-corrected chi connectivity index (χ4v) is 4.48. The molecule has 5 aromatic rings. The number of amides is 4. The molecule has 0 aliphatic carbocycles. The zero-order chi connectivity index (χ0) is 31.4. The number of tetrazole rings is 1. The minimum atomic E-state index is -0.891. The van der Waals surface area contributed by atoms with Crippen LogP contribution in [0.3, 0.4) is 0 Å². The lowest BCUT2D eigenvalue weighted by atomic mass is 10.0. The summed E-state index contributed by atoms with van der Waals surface area (Å²) in [4.78, 5) is 42.9. The fraction of sp³-hybridized carbons (Fsp3) is 0.0938. The highest BCUT2D eigenvalue weighted by atomic mass is 35.5. The number of nitrogens with zero attached hydrogens (tertiary/aromatic N) is 5. The molecule has 0 fully saturated rings. The molecule has 0 saturated carbocycles. The maximum atomic E-state index is 13.4. The Morgan fingerprint density at radius 1 is 0.889 bits per heavy atom. The summed E-state index contributed by atoms with van der Waals surface area (Å²) in [7, 11) is 0. The van der Waals surface area contributed by atoms with Crippen LogP contribution in [0.2, 0.25) is 5.02 Å². The SMILES string of the molecule is O=C(/C=C/c1cc(Cl)ccc1-n1cnnn1)N[C@@H](Cc1ccccc1)C(=O)Nc1ccc(NC(=O)NCc2ccccn2)cc1. The molecule has 0 saturated heterocycles. The molecule has 4 amide bonds. The van der Waals surface area contributed by atoms with Crippen LogP contribution in [0.5, 0.6) is 0 Å².